The molecule has 1 amide bonds. The Hall–Kier alpha value is -3.21. The fraction of sp³-hybridized carbons (Fsp3) is 0.536. The number of aliphatic hydroxyl groups is 1. The summed E-state index contributed by atoms with van der Waals surface area (Å²) < 4.78 is 26.0. The minimum Gasteiger partial charge on any atom is -0.491 e. The van der Waals surface area contributed by atoms with Crippen LogP contribution >= 0.6 is 0 Å². The smallest absolute Gasteiger partial charge is 0.407 e. The second kappa shape index (κ2) is 10.5. The third-order valence-corrected chi connectivity index (χ3v) is 6.22. The van der Waals surface area contributed by atoms with Crippen LogP contribution in [0.5, 0.6) is 5.75 Å². The van der Waals surface area contributed by atoms with E-state index in [0.29, 0.717) is 18.7 Å². The summed E-state index contributed by atoms with van der Waals surface area (Å²) in [5.74, 6) is -0.739. The van der Waals surface area contributed by atoms with Gasteiger partial charge in [0.25, 0.3) is 0 Å². The lowest BCUT2D eigenvalue weighted by molar-refractivity contribution is -0.253. The van der Waals surface area contributed by atoms with Crippen molar-refractivity contribution in [2.24, 2.45) is 0 Å². The number of carbonyl (C=O) groups excluding carboxylic acids is 1. The molecule has 0 radical (unpaired) electrons. The van der Waals surface area contributed by atoms with E-state index in [-0.39, 0.29) is 12.8 Å². The summed E-state index contributed by atoms with van der Waals surface area (Å²) in [4.78, 5) is 20.7. The first-order valence-electron chi connectivity index (χ1n) is 12.8. The van der Waals surface area contributed by atoms with Gasteiger partial charge in [-0.15, -0.1) is 0 Å². The Balaban J connectivity index is 1.47. The number of hydrogen-bond acceptors (Lipinski definition) is 8. The van der Waals surface area contributed by atoms with E-state index >= 15 is 0 Å². The lowest BCUT2D eigenvalue weighted by Crippen LogP contribution is -2.47. The van der Waals surface area contributed by atoms with Crippen molar-refractivity contribution in [1.82, 2.24) is 19.9 Å². The molecule has 206 valence electrons. The number of nitrogens with one attached hydrogen (secondary N) is 1. The highest BCUT2D eigenvalue weighted by Crippen LogP contribution is 2.42. The minimum absolute atomic E-state index is 0.194. The molecule has 0 aliphatic carbocycles. The van der Waals surface area contributed by atoms with Crippen LogP contribution in [0, 0.1) is 6.92 Å². The minimum atomic E-state index is -1.37. The van der Waals surface area contributed by atoms with Crippen molar-refractivity contribution in [2.45, 2.75) is 90.8 Å². The maximum atomic E-state index is 12.0. The van der Waals surface area contributed by atoms with Crippen LogP contribution in [0.25, 0.3) is 11.0 Å². The van der Waals surface area contributed by atoms with Gasteiger partial charge < -0.3 is 33.9 Å². The molecule has 1 aromatic carbocycles. The molecule has 3 atom stereocenters. The Morgan fingerprint density at radius 1 is 1.24 bits per heavy atom. The molecule has 1 aliphatic heterocycles. The average Bonchev–Trinajstić information content (AvgIpc) is 3.36. The number of aryl methyl sites for hydroxylation is 1. The molecule has 3 unspecified atom stereocenters. The molecule has 38 heavy (non-hydrogen) atoms. The van der Waals surface area contributed by atoms with Gasteiger partial charge in [-0.3, -0.25) is 0 Å². The van der Waals surface area contributed by atoms with Crippen LogP contribution in [0.2, 0.25) is 0 Å². The summed E-state index contributed by atoms with van der Waals surface area (Å²) in [6.45, 7) is 13.0. The molecular weight excluding hydrogens is 488 g/mol. The largest absolute Gasteiger partial charge is 0.491 e. The number of amides is 1. The Morgan fingerprint density at radius 2 is 2.00 bits per heavy atom. The summed E-state index contributed by atoms with van der Waals surface area (Å²) in [6.07, 6.45) is 2.63. The summed E-state index contributed by atoms with van der Waals surface area (Å²) in [5.41, 5.74) is 1.13. The zero-order valence-corrected chi connectivity index (χ0v) is 23.1. The van der Waals surface area contributed by atoms with Crippen molar-refractivity contribution in [3.63, 3.8) is 0 Å². The van der Waals surface area contributed by atoms with Gasteiger partial charge in [-0.05, 0) is 72.2 Å². The van der Waals surface area contributed by atoms with Crippen molar-refractivity contribution in [3.05, 3.63) is 54.1 Å². The van der Waals surface area contributed by atoms with Gasteiger partial charge in [-0.25, -0.2) is 14.8 Å². The summed E-state index contributed by atoms with van der Waals surface area (Å²) in [5, 5.41) is 14.2. The first-order chi connectivity index (χ1) is 17.7. The van der Waals surface area contributed by atoms with Gasteiger partial charge in [0.1, 0.15) is 47.9 Å². The molecule has 0 spiro atoms. The topological polar surface area (TPSA) is 117 Å². The number of rotatable bonds is 8. The van der Waals surface area contributed by atoms with Crippen molar-refractivity contribution < 1.29 is 28.8 Å². The highest BCUT2D eigenvalue weighted by atomic mass is 16.7. The summed E-state index contributed by atoms with van der Waals surface area (Å²) in [6, 6.07) is 9.44. The van der Waals surface area contributed by atoms with E-state index in [0.717, 1.165) is 22.3 Å². The zero-order chi connectivity index (χ0) is 27.7. The van der Waals surface area contributed by atoms with E-state index in [4.69, 9.17) is 18.9 Å². The predicted octanol–water partition coefficient (Wildman–Crippen LogP) is 4.63. The highest BCUT2D eigenvalue weighted by Gasteiger charge is 2.50. The number of aromatic nitrogens is 3. The van der Waals surface area contributed by atoms with Crippen LogP contribution in [-0.4, -0.2) is 55.4 Å². The fourth-order valence-corrected chi connectivity index (χ4v) is 4.65. The van der Waals surface area contributed by atoms with E-state index in [1.54, 1.807) is 20.2 Å². The van der Waals surface area contributed by atoms with Crippen molar-refractivity contribution in [3.8, 4) is 5.75 Å². The molecule has 0 bridgehead atoms. The Bertz CT molecular complexity index is 1280. The molecule has 2 aromatic heterocycles. The van der Waals surface area contributed by atoms with Gasteiger partial charge >= 0.3 is 6.09 Å². The van der Waals surface area contributed by atoms with Gasteiger partial charge in [0.05, 0.1) is 5.69 Å². The van der Waals surface area contributed by atoms with Gasteiger partial charge in [0.15, 0.2) is 5.79 Å². The van der Waals surface area contributed by atoms with Crippen molar-refractivity contribution in [1.29, 1.82) is 0 Å². The van der Waals surface area contributed by atoms with Gasteiger partial charge in [0.2, 0.25) is 0 Å². The highest BCUT2D eigenvalue weighted by molar-refractivity contribution is 5.78. The fourth-order valence-electron chi connectivity index (χ4n) is 4.65. The molecule has 1 saturated heterocycles. The molecule has 4 rings (SSSR count). The monoisotopic (exact) mass is 526 g/mol. The molecule has 0 saturated carbocycles. The van der Waals surface area contributed by atoms with Crippen molar-refractivity contribution in [2.75, 3.05) is 6.61 Å². The standard InChI is InChI=1S/C28H38N4O6/c1-18-21-11-12-32(24(21)31-17-30-18)23-14-28(7,38-27(5,6)34)22(36-23)16-35-20-10-8-9-19(13-20)15-29-25(33)37-26(2,3)4/h8-13,17,22-23,34H,14-16H2,1-7H3,(H,29,33). The van der Waals surface area contributed by atoms with Crippen LogP contribution in [0.3, 0.4) is 0 Å². The molecule has 3 heterocycles. The SMILES string of the molecule is Cc1ncnc2c1ccn2C1CC(C)(OC(C)(C)O)C(COc2cccc(CNC(=O)OC(C)(C)C)c2)O1. The van der Waals surface area contributed by atoms with E-state index in [1.807, 2.05) is 75.7 Å². The summed E-state index contributed by atoms with van der Waals surface area (Å²) in [7, 11) is 0. The van der Waals surface area contributed by atoms with E-state index in [2.05, 4.69) is 15.3 Å². The first kappa shape index (κ1) is 27.8. The molecule has 3 aromatic rings. The molecule has 10 nitrogen and oxygen atoms in total. The van der Waals surface area contributed by atoms with Gasteiger partial charge in [0, 0.05) is 24.5 Å². The van der Waals surface area contributed by atoms with Gasteiger partial charge in [-0.2, -0.15) is 0 Å². The third kappa shape index (κ3) is 6.80. The number of hydrogen-bond donors (Lipinski definition) is 2. The van der Waals surface area contributed by atoms with Crippen LogP contribution in [-0.2, 0) is 20.8 Å². The van der Waals surface area contributed by atoms with Crippen LogP contribution in [0.15, 0.2) is 42.9 Å². The van der Waals surface area contributed by atoms with Crippen LogP contribution in [0.1, 0.15) is 65.4 Å². The second-order valence-corrected chi connectivity index (χ2v) is 11.4. The van der Waals surface area contributed by atoms with Crippen LogP contribution < -0.4 is 10.1 Å². The number of ether oxygens (including phenoxy) is 4. The molecular formula is C28H38N4O6. The Labute approximate surface area is 223 Å². The lowest BCUT2D eigenvalue weighted by atomic mass is 9.96. The Morgan fingerprint density at radius 3 is 2.71 bits per heavy atom. The normalized spacial score (nSPS) is 22.0. The average molecular weight is 527 g/mol. The van der Waals surface area contributed by atoms with E-state index < -0.39 is 29.2 Å². The molecule has 1 aliphatic rings. The number of benzene rings is 1. The lowest BCUT2D eigenvalue weighted by Gasteiger charge is -2.35. The first-order valence-corrected chi connectivity index (χ1v) is 12.8. The number of alkyl carbamates (subject to hydrolysis) is 1. The molecule has 10 heteroatoms. The summed E-state index contributed by atoms with van der Waals surface area (Å²) >= 11 is 0. The Kier molecular flexibility index (Phi) is 7.69. The number of carbonyl (C=O) groups is 1. The number of fused-ring (bicyclic) bond motifs is 1. The van der Waals surface area contributed by atoms with E-state index in [9.17, 15) is 9.90 Å². The third-order valence-electron chi connectivity index (χ3n) is 6.22. The number of nitrogens with zero attached hydrogens (tertiary/aromatic N) is 3. The second-order valence-electron chi connectivity index (χ2n) is 11.4. The molecule has 2 N–H and O–H groups in total. The predicted molar refractivity (Wildman–Crippen MR) is 142 cm³/mol. The molecule has 1 fully saturated rings. The maximum absolute atomic E-state index is 12.0. The quantitative estimate of drug-likeness (QED) is 0.408. The van der Waals surface area contributed by atoms with Gasteiger partial charge in [-0.1, -0.05) is 12.1 Å². The van der Waals surface area contributed by atoms with E-state index in [1.165, 1.54) is 0 Å². The van der Waals surface area contributed by atoms with Crippen molar-refractivity contribution >= 4 is 17.1 Å². The zero-order valence-electron chi connectivity index (χ0n) is 23.1. The van der Waals surface area contributed by atoms with Crippen LogP contribution in [0.4, 0.5) is 4.79 Å². The maximum Gasteiger partial charge on any atom is 0.407 e.